The average Bonchev–Trinajstić information content (AvgIpc) is 2.44. The lowest BCUT2D eigenvalue weighted by molar-refractivity contribution is -0.163. The van der Waals surface area contributed by atoms with E-state index in [-0.39, 0.29) is 18.4 Å². The van der Waals surface area contributed by atoms with E-state index in [1.807, 2.05) is 24.3 Å². The van der Waals surface area contributed by atoms with Crippen LogP contribution in [0.4, 0.5) is 13.2 Å². The van der Waals surface area contributed by atoms with Gasteiger partial charge in [0.15, 0.2) is 0 Å². The van der Waals surface area contributed by atoms with Crippen LogP contribution in [0, 0.1) is 5.92 Å². The van der Waals surface area contributed by atoms with Gasteiger partial charge in [0.25, 0.3) is 0 Å². The minimum absolute atomic E-state index is 0.0799. The third kappa shape index (κ3) is 4.46. The molecule has 0 fully saturated rings. The number of carbonyl (C=O) groups is 1. The summed E-state index contributed by atoms with van der Waals surface area (Å²) >= 11 is 3.11. The van der Waals surface area contributed by atoms with Crippen molar-refractivity contribution in [2.24, 2.45) is 5.92 Å². The van der Waals surface area contributed by atoms with Gasteiger partial charge < -0.3 is 4.90 Å². The van der Waals surface area contributed by atoms with Crippen molar-refractivity contribution < 1.29 is 18.0 Å². The van der Waals surface area contributed by atoms with Crippen molar-refractivity contribution in [3.05, 3.63) is 35.4 Å². The van der Waals surface area contributed by atoms with Crippen LogP contribution in [0.3, 0.4) is 0 Å². The van der Waals surface area contributed by atoms with E-state index in [1.54, 1.807) is 0 Å². The Bertz CT molecular complexity index is 504. The van der Waals surface area contributed by atoms with Crippen LogP contribution in [-0.4, -0.2) is 35.4 Å². The SMILES string of the molecule is O=C(C1CCc2ccccc2C1)N(CCBr)CC(F)(F)F. The number of nitrogens with zero attached hydrogens (tertiary/aromatic N) is 1. The van der Waals surface area contributed by atoms with Gasteiger partial charge in [0.1, 0.15) is 6.54 Å². The number of rotatable bonds is 4. The molecule has 1 atom stereocenters. The van der Waals surface area contributed by atoms with Crippen LogP contribution >= 0.6 is 15.9 Å². The molecule has 0 N–H and O–H groups in total. The van der Waals surface area contributed by atoms with Gasteiger partial charge >= 0.3 is 6.18 Å². The van der Waals surface area contributed by atoms with Crippen LogP contribution in [0.15, 0.2) is 24.3 Å². The fourth-order valence-electron chi connectivity index (χ4n) is 2.75. The summed E-state index contributed by atoms with van der Waals surface area (Å²) in [7, 11) is 0. The molecule has 0 radical (unpaired) electrons. The fraction of sp³-hybridized carbons (Fsp3) is 0.533. The van der Waals surface area contributed by atoms with Gasteiger partial charge in [0.2, 0.25) is 5.91 Å². The maximum absolute atomic E-state index is 12.6. The second-order valence-corrected chi connectivity index (χ2v) is 6.07. The number of halogens is 4. The van der Waals surface area contributed by atoms with E-state index in [0.29, 0.717) is 18.2 Å². The molecule has 2 nitrogen and oxygen atoms in total. The lowest BCUT2D eigenvalue weighted by Gasteiger charge is -2.30. The van der Waals surface area contributed by atoms with Crippen molar-refractivity contribution in [3.8, 4) is 0 Å². The third-order valence-electron chi connectivity index (χ3n) is 3.73. The molecule has 0 spiro atoms. The van der Waals surface area contributed by atoms with Gasteiger partial charge in [-0.1, -0.05) is 40.2 Å². The van der Waals surface area contributed by atoms with Crippen molar-refractivity contribution >= 4 is 21.8 Å². The molecule has 1 unspecified atom stereocenters. The lowest BCUT2D eigenvalue weighted by atomic mass is 9.83. The predicted molar refractivity (Wildman–Crippen MR) is 78.4 cm³/mol. The van der Waals surface area contributed by atoms with Crippen molar-refractivity contribution in [2.45, 2.75) is 25.4 Å². The van der Waals surface area contributed by atoms with Crippen molar-refractivity contribution in [1.82, 2.24) is 4.90 Å². The van der Waals surface area contributed by atoms with Crippen LogP contribution < -0.4 is 0 Å². The van der Waals surface area contributed by atoms with Gasteiger partial charge in [-0.25, -0.2) is 0 Å². The normalized spacial score (nSPS) is 18.2. The molecule has 0 saturated carbocycles. The summed E-state index contributed by atoms with van der Waals surface area (Å²) in [5.74, 6) is -0.734. The zero-order valence-corrected chi connectivity index (χ0v) is 13.1. The number of carbonyl (C=O) groups excluding carboxylic acids is 1. The smallest absolute Gasteiger partial charge is 0.333 e. The zero-order valence-electron chi connectivity index (χ0n) is 11.5. The Balaban J connectivity index is 2.08. The topological polar surface area (TPSA) is 20.3 Å². The van der Waals surface area contributed by atoms with E-state index < -0.39 is 12.7 Å². The molecule has 0 saturated heterocycles. The molecule has 2 rings (SSSR count). The van der Waals surface area contributed by atoms with Crippen molar-refractivity contribution in [2.75, 3.05) is 18.4 Å². The van der Waals surface area contributed by atoms with Crippen LogP contribution in [0.2, 0.25) is 0 Å². The number of amides is 1. The molecule has 0 bridgehead atoms. The van der Waals surface area contributed by atoms with Crippen LogP contribution in [0.5, 0.6) is 0 Å². The van der Waals surface area contributed by atoms with Gasteiger partial charge in [-0.15, -0.1) is 0 Å². The number of hydrogen-bond acceptors (Lipinski definition) is 1. The van der Waals surface area contributed by atoms with Crippen LogP contribution in [0.25, 0.3) is 0 Å². The Kier molecular flexibility index (Phi) is 5.30. The fourth-order valence-corrected chi connectivity index (χ4v) is 3.18. The molecule has 0 heterocycles. The molecule has 21 heavy (non-hydrogen) atoms. The summed E-state index contributed by atoms with van der Waals surface area (Å²) in [5.41, 5.74) is 2.28. The number of hydrogen-bond donors (Lipinski definition) is 0. The second-order valence-electron chi connectivity index (χ2n) is 5.27. The standard InChI is InChI=1S/C15H17BrF3NO/c16-7-8-20(10-15(17,18)19)14(21)13-6-5-11-3-1-2-4-12(11)9-13/h1-4,13H,5-10H2. The van der Waals surface area contributed by atoms with Gasteiger partial charge in [-0.05, 0) is 30.4 Å². The highest BCUT2D eigenvalue weighted by molar-refractivity contribution is 9.09. The minimum atomic E-state index is -4.36. The molecule has 116 valence electrons. The first-order valence-corrected chi connectivity index (χ1v) is 8.01. The highest BCUT2D eigenvalue weighted by atomic mass is 79.9. The molecule has 1 aromatic rings. The lowest BCUT2D eigenvalue weighted by Crippen LogP contribution is -2.44. The summed E-state index contributed by atoms with van der Waals surface area (Å²) in [5, 5.41) is 0.345. The molecular weight excluding hydrogens is 347 g/mol. The first kappa shape index (κ1) is 16.3. The minimum Gasteiger partial charge on any atom is -0.333 e. The Morgan fingerprint density at radius 3 is 2.57 bits per heavy atom. The molecular formula is C15H17BrF3NO. The monoisotopic (exact) mass is 363 g/mol. The Morgan fingerprint density at radius 1 is 1.29 bits per heavy atom. The quantitative estimate of drug-likeness (QED) is 0.748. The van der Waals surface area contributed by atoms with Crippen molar-refractivity contribution in [3.63, 3.8) is 0 Å². The first-order valence-electron chi connectivity index (χ1n) is 6.89. The van der Waals surface area contributed by atoms with E-state index in [0.717, 1.165) is 16.9 Å². The number of alkyl halides is 4. The first-order chi connectivity index (χ1) is 9.90. The second kappa shape index (κ2) is 6.81. The van der Waals surface area contributed by atoms with Crippen LogP contribution in [0.1, 0.15) is 17.5 Å². The van der Waals surface area contributed by atoms with Crippen LogP contribution in [-0.2, 0) is 17.6 Å². The zero-order chi connectivity index (χ0) is 15.5. The Labute approximate surface area is 130 Å². The number of fused-ring (bicyclic) bond motifs is 1. The third-order valence-corrected chi connectivity index (χ3v) is 4.09. The maximum atomic E-state index is 12.6. The van der Waals surface area contributed by atoms with Gasteiger partial charge in [0, 0.05) is 17.8 Å². The highest BCUT2D eigenvalue weighted by Gasteiger charge is 2.35. The van der Waals surface area contributed by atoms with Gasteiger partial charge in [-0.3, -0.25) is 4.79 Å². The molecule has 1 amide bonds. The highest BCUT2D eigenvalue weighted by Crippen LogP contribution is 2.28. The van der Waals surface area contributed by atoms with E-state index in [2.05, 4.69) is 15.9 Å². The molecule has 0 aliphatic heterocycles. The summed E-state index contributed by atoms with van der Waals surface area (Å²) < 4.78 is 37.8. The molecule has 0 aromatic heterocycles. The van der Waals surface area contributed by atoms with Gasteiger partial charge in [0.05, 0.1) is 0 Å². The van der Waals surface area contributed by atoms with Crippen molar-refractivity contribution in [1.29, 1.82) is 0 Å². The van der Waals surface area contributed by atoms with Gasteiger partial charge in [-0.2, -0.15) is 13.2 Å². The summed E-state index contributed by atoms with van der Waals surface area (Å²) in [6.45, 7) is -1.09. The number of benzene rings is 1. The predicted octanol–water partition coefficient (Wildman–Crippen LogP) is 3.58. The Hall–Kier alpha value is -1.04. The molecule has 1 aromatic carbocycles. The summed E-state index contributed by atoms with van der Waals surface area (Å²) in [6.07, 6.45) is -2.46. The largest absolute Gasteiger partial charge is 0.406 e. The molecule has 1 aliphatic carbocycles. The Morgan fingerprint density at radius 2 is 1.95 bits per heavy atom. The average molecular weight is 364 g/mol. The van der Waals surface area contributed by atoms with E-state index in [4.69, 9.17) is 0 Å². The van der Waals surface area contributed by atoms with E-state index >= 15 is 0 Å². The molecule has 1 aliphatic rings. The summed E-state index contributed by atoms with van der Waals surface area (Å²) in [6, 6.07) is 7.81. The van der Waals surface area contributed by atoms with E-state index in [1.165, 1.54) is 5.56 Å². The van der Waals surface area contributed by atoms with E-state index in [9.17, 15) is 18.0 Å². The molecule has 6 heteroatoms. The number of aryl methyl sites for hydroxylation is 1. The summed E-state index contributed by atoms with van der Waals surface area (Å²) in [4.78, 5) is 13.3. The maximum Gasteiger partial charge on any atom is 0.406 e.